The zero-order chi connectivity index (χ0) is 21.5. The van der Waals surface area contributed by atoms with Gasteiger partial charge in [-0.3, -0.25) is 0 Å². The molecule has 3 aromatic rings. The van der Waals surface area contributed by atoms with Gasteiger partial charge in [0.25, 0.3) is 0 Å². The van der Waals surface area contributed by atoms with E-state index in [2.05, 4.69) is 10.1 Å². The van der Waals surface area contributed by atoms with Gasteiger partial charge >= 0.3 is 15.5 Å². The SMILES string of the molecule is COc1cccc(-c2ccc3nc(C4CCN(S(=O)(=O)C(F)(F)F)CC4)nn3c2)c1. The maximum atomic E-state index is 12.7. The summed E-state index contributed by atoms with van der Waals surface area (Å²) in [5.41, 5.74) is -2.82. The second-order valence-corrected chi connectivity index (χ2v) is 8.98. The van der Waals surface area contributed by atoms with Crippen LogP contribution >= 0.6 is 0 Å². The third-order valence-electron chi connectivity index (χ3n) is 5.20. The number of methoxy groups -OCH3 is 1. The van der Waals surface area contributed by atoms with Crippen molar-refractivity contribution in [3.8, 4) is 16.9 Å². The highest BCUT2D eigenvalue weighted by molar-refractivity contribution is 7.90. The number of halogens is 3. The molecule has 160 valence electrons. The number of sulfonamides is 1. The second-order valence-electron chi connectivity index (χ2n) is 7.05. The van der Waals surface area contributed by atoms with Crippen LogP contribution in [0.5, 0.6) is 5.75 Å². The summed E-state index contributed by atoms with van der Waals surface area (Å²) < 4.78 is 68.7. The lowest BCUT2D eigenvalue weighted by Crippen LogP contribution is -2.44. The molecule has 0 aliphatic carbocycles. The Morgan fingerprint density at radius 1 is 1.10 bits per heavy atom. The minimum atomic E-state index is -5.29. The summed E-state index contributed by atoms with van der Waals surface area (Å²) in [6, 6.07) is 11.3. The van der Waals surface area contributed by atoms with Gasteiger partial charge in [-0.1, -0.05) is 12.1 Å². The molecule has 30 heavy (non-hydrogen) atoms. The van der Waals surface area contributed by atoms with Gasteiger partial charge in [0.05, 0.1) is 7.11 Å². The Balaban J connectivity index is 1.54. The van der Waals surface area contributed by atoms with E-state index in [-0.39, 0.29) is 31.8 Å². The van der Waals surface area contributed by atoms with E-state index < -0.39 is 15.5 Å². The number of ether oxygens (including phenoxy) is 1. The maximum Gasteiger partial charge on any atom is 0.511 e. The van der Waals surface area contributed by atoms with Crippen LogP contribution in [0.2, 0.25) is 0 Å². The Kier molecular flexibility index (Phi) is 5.18. The third kappa shape index (κ3) is 3.74. The van der Waals surface area contributed by atoms with Crippen molar-refractivity contribution in [2.75, 3.05) is 20.2 Å². The molecular weight excluding hydrogens is 421 g/mol. The van der Waals surface area contributed by atoms with Crippen LogP contribution in [0.4, 0.5) is 13.2 Å². The summed E-state index contributed by atoms with van der Waals surface area (Å²) >= 11 is 0. The van der Waals surface area contributed by atoms with E-state index in [1.807, 2.05) is 42.6 Å². The summed E-state index contributed by atoms with van der Waals surface area (Å²) in [5.74, 6) is 1.03. The molecular formula is C19H19F3N4O3S. The summed E-state index contributed by atoms with van der Waals surface area (Å²) in [4.78, 5) is 4.48. The van der Waals surface area contributed by atoms with E-state index in [0.29, 0.717) is 15.8 Å². The molecule has 0 bridgehead atoms. The predicted molar refractivity (Wildman–Crippen MR) is 103 cm³/mol. The van der Waals surface area contributed by atoms with Crippen molar-refractivity contribution >= 4 is 15.7 Å². The van der Waals surface area contributed by atoms with Gasteiger partial charge in [0.15, 0.2) is 11.5 Å². The topological polar surface area (TPSA) is 76.8 Å². The number of hydrogen-bond donors (Lipinski definition) is 0. The molecule has 0 radical (unpaired) electrons. The standard InChI is InChI=1S/C19H19F3N4O3S/c1-29-16-4-2-3-14(11-16)15-5-6-17-23-18(24-26(17)12-15)13-7-9-25(10-8-13)30(27,28)19(20,21)22/h2-6,11-13H,7-10H2,1H3. The summed E-state index contributed by atoms with van der Waals surface area (Å²) in [6.07, 6.45) is 2.29. The lowest BCUT2D eigenvalue weighted by molar-refractivity contribution is -0.0494. The lowest BCUT2D eigenvalue weighted by Gasteiger charge is -2.30. The first-order chi connectivity index (χ1) is 14.2. The molecule has 1 fully saturated rings. The Bertz CT molecular complexity index is 1170. The number of aromatic nitrogens is 3. The van der Waals surface area contributed by atoms with E-state index in [4.69, 9.17) is 4.74 Å². The smallest absolute Gasteiger partial charge is 0.497 e. The Hall–Kier alpha value is -2.66. The number of benzene rings is 1. The number of alkyl halides is 3. The van der Waals surface area contributed by atoms with Crippen molar-refractivity contribution in [1.82, 2.24) is 18.9 Å². The molecule has 2 aromatic heterocycles. The van der Waals surface area contributed by atoms with Crippen LogP contribution in [0.25, 0.3) is 16.8 Å². The number of pyridine rings is 1. The minimum Gasteiger partial charge on any atom is -0.497 e. The van der Waals surface area contributed by atoms with Crippen LogP contribution in [-0.2, 0) is 10.0 Å². The van der Waals surface area contributed by atoms with E-state index in [1.54, 1.807) is 11.6 Å². The second kappa shape index (κ2) is 7.55. The first kappa shape index (κ1) is 20.6. The molecule has 0 N–H and O–H groups in total. The minimum absolute atomic E-state index is 0.204. The van der Waals surface area contributed by atoms with Gasteiger partial charge in [-0.05, 0) is 42.7 Å². The van der Waals surface area contributed by atoms with Crippen molar-refractivity contribution in [3.05, 3.63) is 48.4 Å². The van der Waals surface area contributed by atoms with Gasteiger partial charge in [0.2, 0.25) is 0 Å². The molecule has 0 atom stereocenters. The molecule has 1 saturated heterocycles. The fourth-order valence-corrected chi connectivity index (χ4v) is 4.53. The highest BCUT2D eigenvalue weighted by Gasteiger charge is 2.50. The highest BCUT2D eigenvalue weighted by atomic mass is 32.2. The third-order valence-corrected chi connectivity index (χ3v) is 6.83. The van der Waals surface area contributed by atoms with Crippen molar-refractivity contribution in [2.45, 2.75) is 24.3 Å². The number of nitrogens with zero attached hydrogens (tertiary/aromatic N) is 4. The van der Waals surface area contributed by atoms with Gasteiger partial charge in [0, 0.05) is 30.8 Å². The molecule has 0 spiro atoms. The molecule has 1 aliphatic heterocycles. The number of rotatable bonds is 4. The monoisotopic (exact) mass is 440 g/mol. The van der Waals surface area contributed by atoms with E-state index in [9.17, 15) is 21.6 Å². The number of hydrogen-bond acceptors (Lipinski definition) is 5. The summed E-state index contributed by atoms with van der Waals surface area (Å²) in [7, 11) is -3.70. The van der Waals surface area contributed by atoms with Crippen molar-refractivity contribution < 1.29 is 26.3 Å². The van der Waals surface area contributed by atoms with Crippen LogP contribution in [0, 0.1) is 0 Å². The molecule has 11 heteroatoms. The van der Waals surface area contributed by atoms with E-state index in [0.717, 1.165) is 16.9 Å². The van der Waals surface area contributed by atoms with Gasteiger partial charge < -0.3 is 4.74 Å². The van der Waals surface area contributed by atoms with E-state index >= 15 is 0 Å². The zero-order valence-corrected chi connectivity index (χ0v) is 16.8. The van der Waals surface area contributed by atoms with Gasteiger partial charge in [-0.15, -0.1) is 0 Å². The largest absolute Gasteiger partial charge is 0.511 e. The van der Waals surface area contributed by atoms with Crippen LogP contribution in [-0.4, -0.2) is 53.0 Å². The van der Waals surface area contributed by atoms with Gasteiger partial charge in [-0.25, -0.2) is 17.9 Å². The Morgan fingerprint density at radius 3 is 2.50 bits per heavy atom. The quantitative estimate of drug-likeness (QED) is 0.621. The van der Waals surface area contributed by atoms with Gasteiger partial charge in [-0.2, -0.15) is 22.6 Å². The van der Waals surface area contributed by atoms with Crippen LogP contribution in [0.1, 0.15) is 24.6 Å². The zero-order valence-electron chi connectivity index (χ0n) is 16.0. The van der Waals surface area contributed by atoms with Crippen LogP contribution in [0.15, 0.2) is 42.6 Å². The molecule has 0 unspecified atom stereocenters. The van der Waals surface area contributed by atoms with Crippen molar-refractivity contribution in [2.24, 2.45) is 0 Å². The molecule has 0 saturated carbocycles. The molecule has 0 amide bonds. The van der Waals surface area contributed by atoms with Crippen LogP contribution < -0.4 is 4.74 Å². The molecule has 1 aromatic carbocycles. The fraction of sp³-hybridized carbons (Fsp3) is 0.368. The number of piperidine rings is 1. The van der Waals surface area contributed by atoms with Crippen molar-refractivity contribution in [3.63, 3.8) is 0 Å². The fourth-order valence-electron chi connectivity index (χ4n) is 3.55. The molecule has 7 nitrogen and oxygen atoms in total. The Morgan fingerprint density at radius 2 is 1.83 bits per heavy atom. The average molecular weight is 440 g/mol. The average Bonchev–Trinajstić information content (AvgIpc) is 3.16. The highest BCUT2D eigenvalue weighted by Crippen LogP contribution is 2.33. The number of fused-ring (bicyclic) bond motifs is 1. The first-order valence-corrected chi connectivity index (χ1v) is 10.7. The predicted octanol–water partition coefficient (Wildman–Crippen LogP) is 3.43. The normalized spacial score (nSPS) is 16.8. The summed E-state index contributed by atoms with van der Waals surface area (Å²) in [6.45, 7) is -0.422. The maximum absolute atomic E-state index is 12.7. The van der Waals surface area contributed by atoms with Gasteiger partial charge in [0.1, 0.15) is 5.75 Å². The molecule has 3 heterocycles. The van der Waals surface area contributed by atoms with Crippen molar-refractivity contribution in [1.29, 1.82) is 0 Å². The molecule has 4 rings (SSSR count). The van der Waals surface area contributed by atoms with E-state index in [1.165, 1.54) is 0 Å². The Labute approximate surface area is 171 Å². The molecule has 1 aliphatic rings. The first-order valence-electron chi connectivity index (χ1n) is 9.26. The summed E-state index contributed by atoms with van der Waals surface area (Å²) in [5, 5.41) is 4.49. The van der Waals surface area contributed by atoms with Crippen LogP contribution in [0.3, 0.4) is 0 Å². The lowest BCUT2D eigenvalue weighted by atomic mass is 9.98.